The summed E-state index contributed by atoms with van der Waals surface area (Å²) in [7, 11) is 0. The number of rotatable bonds is 4. The molecule has 0 unspecified atom stereocenters. The topological polar surface area (TPSA) is 38.1 Å². The normalized spacial score (nSPS) is 15.0. The van der Waals surface area contributed by atoms with Crippen LogP contribution in [0, 0.1) is 19.8 Å². The number of aryl methyl sites for hydroxylation is 1. The van der Waals surface area contributed by atoms with Crippen molar-refractivity contribution >= 4 is 5.91 Å². The van der Waals surface area contributed by atoms with E-state index in [1.807, 2.05) is 28.6 Å². The van der Waals surface area contributed by atoms with Gasteiger partial charge in [0, 0.05) is 13.1 Å². The molecule has 1 amide bonds. The van der Waals surface area contributed by atoms with Gasteiger partial charge in [-0.15, -0.1) is 0 Å². The van der Waals surface area contributed by atoms with E-state index >= 15 is 0 Å². The molecule has 4 heteroatoms. The maximum atomic E-state index is 13.2. The summed E-state index contributed by atoms with van der Waals surface area (Å²) >= 11 is 0. The minimum Gasteiger partial charge on any atom is -0.339 e. The van der Waals surface area contributed by atoms with Crippen molar-refractivity contribution in [3.63, 3.8) is 0 Å². The molecule has 1 saturated heterocycles. The highest BCUT2D eigenvalue weighted by molar-refractivity contribution is 5.96. The van der Waals surface area contributed by atoms with Crippen LogP contribution < -0.4 is 0 Å². The minimum absolute atomic E-state index is 0.160. The van der Waals surface area contributed by atoms with E-state index in [2.05, 4.69) is 32.9 Å². The zero-order valence-corrected chi connectivity index (χ0v) is 15.9. The Morgan fingerprint density at radius 3 is 2.44 bits per heavy atom. The Morgan fingerprint density at radius 2 is 1.80 bits per heavy atom. The van der Waals surface area contributed by atoms with E-state index in [9.17, 15) is 4.79 Å². The minimum atomic E-state index is 0.160. The van der Waals surface area contributed by atoms with Gasteiger partial charge in [-0.3, -0.25) is 4.79 Å². The summed E-state index contributed by atoms with van der Waals surface area (Å²) in [5.74, 6) is 0.625. The first kappa shape index (κ1) is 17.7. The van der Waals surface area contributed by atoms with Gasteiger partial charge < -0.3 is 4.90 Å². The monoisotopic (exact) mass is 339 g/mol. The number of amides is 1. The number of piperidine rings is 1. The van der Waals surface area contributed by atoms with Gasteiger partial charge >= 0.3 is 0 Å². The van der Waals surface area contributed by atoms with Crippen LogP contribution in [-0.4, -0.2) is 33.7 Å². The van der Waals surface area contributed by atoms with Crippen molar-refractivity contribution in [1.82, 2.24) is 14.7 Å². The van der Waals surface area contributed by atoms with Crippen LogP contribution in [-0.2, 0) is 6.42 Å². The zero-order chi connectivity index (χ0) is 18.0. The molecule has 1 aliphatic rings. The van der Waals surface area contributed by atoms with Gasteiger partial charge in [0.1, 0.15) is 0 Å². The number of para-hydroxylation sites is 1. The lowest BCUT2D eigenvalue weighted by Crippen LogP contribution is -2.36. The molecule has 1 aromatic heterocycles. The molecule has 1 fully saturated rings. The average molecular weight is 339 g/mol. The van der Waals surface area contributed by atoms with Gasteiger partial charge in [0.05, 0.1) is 22.6 Å². The molecule has 25 heavy (non-hydrogen) atoms. The Kier molecular flexibility index (Phi) is 5.26. The number of likely N-dealkylation sites (tertiary alicyclic amines) is 1. The van der Waals surface area contributed by atoms with Gasteiger partial charge in [0.2, 0.25) is 0 Å². The van der Waals surface area contributed by atoms with Gasteiger partial charge in [-0.1, -0.05) is 32.0 Å². The van der Waals surface area contributed by atoms with Crippen molar-refractivity contribution in [1.29, 1.82) is 0 Å². The van der Waals surface area contributed by atoms with Gasteiger partial charge in [-0.25, -0.2) is 4.68 Å². The maximum Gasteiger partial charge on any atom is 0.257 e. The highest BCUT2D eigenvalue weighted by atomic mass is 16.2. The second kappa shape index (κ2) is 7.42. The van der Waals surface area contributed by atoms with Crippen LogP contribution in [0.2, 0.25) is 0 Å². The van der Waals surface area contributed by atoms with Crippen LogP contribution in [0.25, 0.3) is 5.69 Å². The Hall–Kier alpha value is -2.10. The molecule has 0 bridgehead atoms. The quantitative estimate of drug-likeness (QED) is 0.832. The molecule has 3 rings (SSSR count). The first-order valence-corrected chi connectivity index (χ1v) is 9.42. The maximum absolute atomic E-state index is 13.2. The number of aromatic nitrogens is 2. The van der Waals surface area contributed by atoms with Crippen LogP contribution in [0.1, 0.15) is 60.4 Å². The largest absolute Gasteiger partial charge is 0.339 e. The highest BCUT2D eigenvalue weighted by Crippen LogP contribution is 2.25. The van der Waals surface area contributed by atoms with Crippen molar-refractivity contribution in [2.45, 2.75) is 53.4 Å². The van der Waals surface area contributed by atoms with Crippen LogP contribution in [0.3, 0.4) is 0 Å². The summed E-state index contributed by atoms with van der Waals surface area (Å²) in [5.41, 5.74) is 4.94. The summed E-state index contributed by atoms with van der Waals surface area (Å²) in [6.45, 7) is 10.2. The molecule has 0 radical (unpaired) electrons. The predicted octanol–water partition coefficient (Wildman–Crippen LogP) is 4.31. The third-order valence-electron chi connectivity index (χ3n) is 4.99. The summed E-state index contributed by atoms with van der Waals surface area (Å²) in [5, 5.41) is 4.87. The third kappa shape index (κ3) is 3.63. The molecule has 134 valence electrons. The molecule has 4 nitrogen and oxygen atoms in total. The fraction of sp³-hybridized carbons (Fsp3) is 0.524. The molecular formula is C21H29N3O. The molecule has 0 saturated carbocycles. The van der Waals surface area contributed by atoms with Crippen molar-refractivity contribution in [2.24, 2.45) is 5.92 Å². The SMILES string of the molecule is Cc1ccccc1-n1nc(CC(C)C)c(C(=O)N2CCCCC2)c1C. The van der Waals surface area contributed by atoms with Crippen molar-refractivity contribution in [3.05, 3.63) is 46.8 Å². The summed E-state index contributed by atoms with van der Waals surface area (Å²) < 4.78 is 1.96. The van der Waals surface area contributed by atoms with Crippen molar-refractivity contribution < 1.29 is 4.79 Å². The van der Waals surface area contributed by atoms with E-state index in [-0.39, 0.29) is 5.91 Å². The predicted molar refractivity (Wildman–Crippen MR) is 101 cm³/mol. The van der Waals surface area contributed by atoms with Crippen LogP contribution >= 0.6 is 0 Å². The Morgan fingerprint density at radius 1 is 1.12 bits per heavy atom. The molecule has 1 aliphatic heterocycles. The molecule has 2 aromatic rings. The zero-order valence-electron chi connectivity index (χ0n) is 15.9. The Bertz CT molecular complexity index is 754. The number of nitrogens with zero attached hydrogens (tertiary/aromatic N) is 3. The molecule has 0 aliphatic carbocycles. The number of hydrogen-bond donors (Lipinski definition) is 0. The van der Waals surface area contributed by atoms with Gasteiger partial charge in [0.15, 0.2) is 0 Å². The van der Waals surface area contributed by atoms with Crippen molar-refractivity contribution in [2.75, 3.05) is 13.1 Å². The number of carbonyl (C=O) groups is 1. The van der Waals surface area contributed by atoms with Gasteiger partial charge in [-0.2, -0.15) is 5.10 Å². The molecule has 1 aromatic carbocycles. The van der Waals surface area contributed by atoms with E-state index < -0.39 is 0 Å². The summed E-state index contributed by atoms with van der Waals surface area (Å²) in [4.78, 5) is 15.2. The Balaban J connectivity index is 2.06. The fourth-order valence-corrected chi connectivity index (χ4v) is 3.66. The first-order valence-electron chi connectivity index (χ1n) is 9.42. The third-order valence-corrected chi connectivity index (χ3v) is 4.99. The van der Waals surface area contributed by atoms with Crippen LogP contribution in [0.5, 0.6) is 0 Å². The second-order valence-electron chi connectivity index (χ2n) is 7.56. The molecule has 0 N–H and O–H groups in total. The first-order chi connectivity index (χ1) is 12.0. The lowest BCUT2D eigenvalue weighted by atomic mass is 10.0. The van der Waals surface area contributed by atoms with E-state index in [1.54, 1.807) is 0 Å². The molecular weight excluding hydrogens is 310 g/mol. The van der Waals surface area contributed by atoms with E-state index in [1.165, 1.54) is 12.0 Å². The standard InChI is InChI=1S/C21H29N3O/c1-15(2)14-18-20(21(25)23-12-8-5-9-13-23)17(4)24(22-18)19-11-7-6-10-16(19)3/h6-7,10-11,15H,5,8-9,12-14H2,1-4H3. The number of benzene rings is 1. The fourth-order valence-electron chi connectivity index (χ4n) is 3.66. The van der Waals surface area contributed by atoms with Gasteiger partial charge in [-0.05, 0) is 57.1 Å². The lowest BCUT2D eigenvalue weighted by Gasteiger charge is -2.27. The summed E-state index contributed by atoms with van der Waals surface area (Å²) in [6.07, 6.45) is 4.27. The summed E-state index contributed by atoms with van der Waals surface area (Å²) in [6, 6.07) is 8.22. The highest BCUT2D eigenvalue weighted by Gasteiger charge is 2.27. The van der Waals surface area contributed by atoms with Crippen LogP contribution in [0.15, 0.2) is 24.3 Å². The van der Waals surface area contributed by atoms with E-state index in [4.69, 9.17) is 5.10 Å². The number of hydrogen-bond acceptors (Lipinski definition) is 2. The van der Waals surface area contributed by atoms with Crippen molar-refractivity contribution in [3.8, 4) is 5.69 Å². The second-order valence-corrected chi connectivity index (χ2v) is 7.56. The Labute approximate surface area is 150 Å². The molecule has 0 spiro atoms. The number of carbonyl (C=O) groups excluding carboxylic acids is 1. The lowest BCUT2D eigenvalue weighted by molar-refractivity contribution is 0.0722. The van der Waals surface area contributed by atoms with E-state index in [0.29, 0.717) is 5.92 Å². The molecule has 2 heterocycles. The smallest absolute Gasteiger partial charge is 0.257 e. The van der Waals surface area contributed by atoms with E-state index in [0.717, 1.165) is 55.0 Å². The van der Waals surface area contributed by atoms with Crippen LogP contribution in [0.4, 0.5) is 0 Å². The molecule has 0 atom stereocenters. The van der Waals surface area contributed by atoms with Gasteiger partial charge in [0.25, 0.3) is 5.91 Å². The average Bonchev–Trinajstić information content (AvgIpc) is 2.91.